The molecule has 7 heteroatoms. The van der Waals surface area contributed by atoms with Crippen molar-refractivity contribution in [2.24, 2.45) is 5.92 Å². The zero-order chi connectivity index (χ0) is 25.4. The van der Waals surface area contributed by atoms with Crippen molar-refractivity contribution in [3.63, 3.8) is 0 Å². The van der Waals surface area contributed by atoms with Crippen LogP contribution in [-0.2, 0) is 14.3 Å². The molecule has 0 aromatic heterocycles. The standard InChI is InChI=1S/C29H31NO6/c1-16(2)14-34-29(32)26-17(3)30-22-11-20(18-5-8-21(33-4)9-6-18)12-23(31)28(22)27(26)19-7-10-24-25(13-19)36-15-35-24/h5-10,13,16,20,27,30H,11-12,14-15H2,1-4H3. The number of hydrogen-bond acceptors (Lipinski definition) is 7. The van der Waals surface area contributed by atoms with Gasteiger partial charge in [0.05, 0.1) is 19.3 Å². The summed E-state index contributed by atoms with van der Waals surface area (Å²) in [4.78, 5) is 27.1. The summed E-state index contributed by atoms with van der Waals surface area (Å²) in [5.74, 6) is 1.35. The van der Waals surface area contributed by atoms with E-state index in [0.717, 1.165) is 22.6 Å². The van der Waals surface area contributed by atoms with Gasteiger partial charge >= 0.3 is 5.97 Å². The lowest BCUT2D eigenvalue weighted by Gasteiger charge is -2.36. The largest absolute Gasteiger partial charge is 0.497 e. The monoisotopic (exact) mass is 489 g/mol. The SMILES string of the molecule is COc1ccc(C2CC(=O)C3=C(C2)NC(C)=C(C(=O)OCC(C)C)C3c2ccc3c(c2)OCO3)cc1. The number of carbonyl (C=O) groups is 2. The molecule has 1 N–H and O–H groups in total. The topological polar surface area (TPSA) is 83.1 Å². The smallest absolute Gasteiger partial charge is 0.336 e. The van der Waals surface area contributed by atoms with Gasteiger partial charge in [0.15, 0.2) is 17.3 Å². The fraction of sp³-hybridized carbons (Fsp3) is 0.379. The Balaban J connectivity index is 1.54. The number of fused-ring (bicyclic) bond motifs is 1. The van der Waals surface area contributed by atoms with Gasteiger partial charge in [0.2, 0.25) is 6.79 Å². The Kier molecular flexibility index (Phi) is 6.48. The van der Waals surface area contributed by atoms with Gasteiger partial charge in [-0.05, 0) is 60.6 Å². The van der Waals surface area contributed by atoms with Crippen LogP contribution in [0.3, 0.4) is 0 Å². The number of nitrogens with one attached hydrogen (secondary N) is 1. The van der Waals surface area contributed by atoms with Crippen LogP contribution in [0.4, 0.5) is 0 Å². The lowest BCUT2D eigenvalue weighted by molar-refractivity contribution is -0.140. The van der Waals surface area contributed by atoms with Crippen LogP contribution >= 0.6 is 0 Å². The molecule has 2 heterocycles. The number of ketones is 1. The molecular formula is C29H31NO6. The first kappa shape index (κ1) is 24.0. The third-order valence-corrected chi connectivity index (χ3v) is 6.91. The maximum absolute atomic E-state index is 13.7. The van der Waals surface area contributed by atoms with Gasteiger partial charge in [-0.1, -0.05) is 32.0 Å². The average Bonchev–Trinajstić information content (AvgIpc) is 3.34. The van der Waals surface area contributed by atoms with E-state index in [4.69, 9.17) is 18.9 Å². The number of allylic oxidation sites excluding steroid dienone is 3. The van der Waals surface area contributed by atoms with E-state index < -0.39 is 11.9 Å². The van der Waals surface area contributed by atoms with E-state index in [-0.39, 0.29) is 24.4 Å². The zero-order valence-electron chi connectivity index (χ0n) is 21.1. The van der Waals surface area contributed by atoms with Crippen LogP contribution in [0.2, 0.25) is 0 Å². The first-order valence-electron chi connectivity index (χ1n) is 12.3. The Bertz CT molecular complexity index is 1260. The molecule has 3 aliphatic rings. The summed E-state index contributed by atoms with van der Waals surface area (Å²) in [6, 6.07) is 13.5. The van der Waals surface area contributed by atoms with Crippen molar-refractivity contribution in [3.05, 3.63) is 76.1 Å². The molecule has 2 aliphatic heterocycles. The van der Waals surface area contributed by atoms with Gasteiger partial charge in [0, 0.05) is 29.3 Å². The van der Waals surface area contributed by atoms with Gasteiger partial charge in [-0.25, -0.2) is 4.79 Å². The highest BCUT2D eigenvalue weighted by molar-refractivity contribution is 6.04. The van der Waals surface area contributed by atoms with E-state index in [1.807, 2.05) is 63.2 Å². The lowest BCUT2D eigenvalue weighted by Crippen LogP contribution is -2.36. The minimum atomic E-state index is -0.542. The lowest BCUT2D eigenvalue weighted by atomic mass is 9.71. The fourth-order valence-corrected chi connectivity index (χ4v) is 5.17. The highest BCUT2D eigenvalue weighted by Crippen LogP contribution is 2.47. The van der Waals surface area contributed by atoms with Crippen molar-refractivity contribution in [3.8, 4) is 17.2 Å². The molecule has 2 aromatic carbocycles. The maximum Gasteiger partial charge on any atom is 0.336 e. The Morgan fingerprint density at radius 2 is 1.78 bits per heavy atom. The van der Waals surface area contributed by atoms with Crippen LogP contribution < -0.4 is 19.5 Å². The van der Waals surface area contributed by atoms with E-state index in [9.17, 15) is 9.59 Å². The highest BCUT2D eigenvalue weighted by atomic mass is 16.7. The molecule has 0 radical (unpaired) electrons. The fourth-order valence-electron chi connectivity index (χ4n) is 5.17. The number of ether oxygens (including phenoxy) is 4. The summed E-state index contributed by atoms with van der Waals surface area (Å²) < 4.78 is 22.0. The summed E-state index contributed by atoms with van der Waals surface area (Å²) in [5, 5.41) is 3.40. The Morgan fingerprint density at radius 3 is 2.50 bits per heavy atom. The van der Waals surface area contributed by atoms with Crippen LogP contribution in [0, 0.1) is 5.92 Å². The van der Waals surface area contributed by atoms with Crippen molar-refractivity contribution < 1.29 is 28.5 Å². The molecule has 7 nitrogen and oxygen atoms in total. The van der Waals surface area contributed by atoms with Gasteiger partial charge in [0.1, 0.15) is 5.75 Å². The molecule has 2 atom stereocenters. The maximum atomic E-state index is 13.7. The molecule has 0 fully saturated rings. The van der Waals surface area contributed by atoms with E-state index in [1.165, 1.54) is 0 Å². The molecule has 2 aromatic rings. The zero-order valence-corrected chi connectivity index (χ0v) is 21.1. The summed E-state index contributed by atoms with van der Waals surface area (Å²) >= 11 is 0. The third kappa shape index (κ3) is 4.45. The molecule has 0 saturated heterocycles. The quantitative estimate of drug-likeness (QED) is 0.573. The van der Waals surface area contributed by atoms with Gasteiger partial charge in [0.25, 0.3) is 0 Å². The number of dihydropyridines is 1. The number of rotatable bonds is 6. The molecular weight excluding hydrogens is 458 g/mol. The van der Waals surface area contributed by atoms with Crippen LogP contribution in [0.15, 0.2) is 65.0 Å². The van der Waals surface area contributed by atoms with E-state index >= 15 is 0 Å². The van der Waals surface area contributed by atoms with Crippen molar-refractivity contribution in [2.75, 3.05) is 20.5 Å². The predicted molar refractivity (Wildman–Crippen MR) is 134 cm³/mol. The van der Waals surface area contributed by atoms with E-state index in [2.05, 4.69) is 5.32 Å². The van der Waals surface area contributed by atoms with Crippen LogP contribution in [0.1, 0.15) is 56.6 Å². The Hall–Kier alpha value is -3.74. The van der Waals surface area contributed by atoms with Crippen molar-refractivity contribution in [1.82, 2.24) is 5.32 Å². The second-order valence-electron chi connectivity index (χ2n) is 9.90. The minimum Gasteiger partial charge on any atom is -0.497 e. The van der Waals surface area contributed by atoms with Gasteiger partial charge in [-0.15, -0.1) is 0 Å². The van der Waals surface area contributed by atoms with E-state index in [1.54, 1.807) is 7.11 Å². The Morgan fingerprint density at radius 1 is 1.06 bits per heavy atom. The molecule has 0 spiro atoms. The number of methoxy groups -OCH3 is 1. The molecule has 5 rings (SSSR count). The van der Waals surface area contributed by atoms with Gasteiger partial charge in [-0.2, -0.15) is 0 Å². The Labute approximate surface area is 211 Å². The average molecular weight is 490 g/mol. The first-order valence-corrected chi connectivity index (χ1v) is 12.3. The van der Waals surface area contributed by atoms with Crippen molar-refractivity contribution in [1.29, 1.82) is 0 Å². The van der Waals surface area contributed by atoms with Gasteiger partial charge < -0.3 is 24.3 Å². The molecule has 36 heavy (non-hydrogen) atoms. The number of carbonyl (C=O) groups excluding carboxylic acids is 2. The van der Waals surface area contributed by atoms with Crippen LogP contribution in [-0.4, -0.2) is 32.3 Å². The number of Topliss-reactive ketones (excluding diaryl/α,β-unsaturated/α-hetero) is 1. The highest BCUT2D eigenvalue weighted by Gasteiger charge is 2.42. The number of benzene rings is 2. The third-order valence-electron chi connectivity index (χ3n) is 6.91. The summed E-state index contributed by atoms with van der Waals surface area (Å²) in [7, 11) is 1.64. The molecule has 1 aliphatic carbocycles. The molecule has 2 unspecified atom stereocenters. The summed E-state index contributed by atoms with van der Waals surface area (Å²) in [5.41, 5.74) is 4.53. The predicted octanol–water partition coefficient (Wildman–Crippen LogP) is 4.98. The molecule has 188 valence electrons. The van der Waals surface area contributed by atoms with Gasteiger partial charge in [-0.3, -0.25) is 4.79 Å². The summed E-state index contributed by atoms with van der Waals surface area (Å²) in [6.45, 7) is 6.32. The summed E-state index contributed by atoms with van der Waals surface area (Å²) in [6.07, 6.45) is 1.03. The van der Waals surface area contributed by atoms with Crippen molar-refractivity contribution in [2.45, 2.75) is 45.4 Å². The first-order chi connectivity index (χ1) is 17.4. The normalized spacial score (nSPS) is 20.9. The number of esters is 1. The molecule has 0 amide bonds. The van der Waals surface area contributed by atoms with Crippen LogP contribution in [0.5, 0.6) is 17.2 Å². The second-order valence-corrected chi connectivity index (χ2v) is 9.90. The van der Waals surface area contributed by atoms with E-state index in [0.29, 0.717) is 47.8 Å². The molecule has 0 saturated carbocycles. The second kappa shape index (κ2) is 9.72. The molecule has 0 bridgehead atoms. The number of hydrogen-bond donors (Lipinski definition) is 1. The minimum absolute atomic E-state index is 0.0221. The van der Waals surface area contributed by atoms with Crippen molar-refractivity contribution >= 4 is 11.8 Å². The van der Waals surface area contributed by atoms with Crippen LogP contribution in [0.25, 0.3) is 0 Å².